The summed E-state index contributed by atoms with van der Waals surface area (Å²) < 4.78 is 38.5. The summed E-state index contributed by atoms with van der Waals surface area (Å²) in [4.78, 5) is 11.4. The predicted octanol–water partition coefficient (Wildman–Crippen LogP) is 3.53. The van der Waals surface area contributed by atoms with Crippen molar-refractivity contribution in [2.45, 2.75) is 11.8 Å². The Bertz CT molecular complexity index is 1090. The van der Waals surface area contributed by atoms with Crippen LogP contribution in [-0.2, 0) is 10.0 Å². The lowest BCUT2D eigenvalue weighted by Gasteiger charge is -2.15. The van der Waals surface area contributed by atoms with E-state index in [4.69, 9.17) is 9.47 Å². The molecule has 1 aromatic heterocycles. The van der Waals surface area contributed by atoms with E-state index in [-0.39, 0.29) is 10.6 Å². The van der Waals surface area contributed by atoms with Gasteiger partial charge in [0, 0.05) is 17.8 Å². The third-order valence-electron chi connectivity index (χ3n) is 4.35. The van der Waals surface area contributed by atoms with Gasteiger partial charge in [-0.1, -0.05) is 30.3 Å². The molecule has 3 rings (SSSR count). The van der Waals surface area contributed by atoms with Gasteiger partial charge in [-0.05, 0) is 30.2 Å². The number of hydrogen-bond acceptors (Lipinski definition) is 5. The van der Waals surface area contributed by atoms with Crippen LogP contribution < -0.4 is 9.47 Å². The van der Waals surface area contributed by atoms with E-state index in [1.165, 1.54) is 32.5 Å². The van der Waals surface area contributed by atoms with E-state index in [9.17, 15) is 13.2 Å². The number of carbonyl (C=O) groups excluding carboxylic acids is 1. The van der Waals surface area contributed by atoms with Crippen LogP contribution >= 0.6 is 0 Å². The SMILES string of the molecule is COc1ccc(OC)c(S(=O)(=O)n2cc(C=O)c(C)c2-c2ccccc2)c1. The van der Waals surface area contributed by atoms with E-state index in [1.807, 2.05) is 18.2 Å². The molecule has 7 heteroatoms. The Hall–Kier alpha value is -3.06. The molecule has 0 aliphatic carbocycles. The van der Waals surface area contributed by atoms with Crippen LogP contribution in [-0.4, -0.2) is 32.9 Å². The van der Waals surface area contributed by atoms with E-state index in [2.05, 4.69) is 0 Å². The number of aromatic nitrogens is 1. The first-order valence-corrected chi connectivity index (χ1v) is 9.58. The van der Waals surface area contributed by atoms with Gasteiger partial charge in [0.2, 0.25) is 0 Å². The summed E-state index contributed by atoms with van der Waals surface area (Å²) in [5, 5.41) is 0. The molecule has 0 aliphatic heterocycles. The fraction of sp³-hybridized carbons (Fsp3) is 0.150. The molecule has 27 heavy (non-hydrogen) atoms. The topological polar surface area (TPSA) is 74.6 Å². The second kappa shape index (κ2) is 7.28. The fourth-order valence-electron chi connectivity index (χ4n) is 2.93. The molecule has 0 radical (unpaired) electrons. The summed E-state index contributed by atoms with van der Waals surface area (Å²) in [7, 11) is -1.20. The summed E-state index contributed by atoms with van der Waals surface area (Å²) in [6, 6.07) is 13.6. The van der Waals surface area contributed by atoms with E-state index < -0.39 is 10.0 Å². The number of carbonyl (C=O) groups is 1. The van der Waals surface area contributed by atoms with Crippen molar-refractivity contribution >= 4 is 16.3 Å². The summed E-state index contributed by atoms with van der Waals surface area (Å²) in [5.74, 6) is 0.573. The molecule has 0 saturated heterocycles. The summed E-state index contributed by atoms with van der Waals surface area (Å²) in [6.07, 6.45) is 1.98. The van der Waals surface area contributed by atoms with E-state index >= 15 is 0 Å². The monoisotopic (exact) mass is 385 g/mol. The van der Waals surface area contributed by atoms with Crippen molar-refractivity contribution in [3.63, 3.8) is 0 Å². The zero-order valence-corrected chi connectivity index (χ0v) is 16.0. The average molecular weight is 385 g/mol. The highest BCUT2D eigenvalue weighted by Gasteiger charge is 2.27. The second-order valence-electron chi connectivity index (χ2n) is 5.86. The molecule has 0 amide bonds. The van der Waals surface area contributed by atoms with Crippen LogP contribution in [0.5, 0.6) is 11.5 Å². The van der Waals surface area contributed by atoms with Crippen molar-refractivity contribution in [1.82, 2.24) is 3.97 Å². The maximum absolute atomic E-state index is 13.5. The van der Waals surface area contributed by atoms with Crippen molar-refractivity contribution in [1.29, 1.82) is 0 Å². The highest BCUT2D eigenvalue weighted by atomic mass is 32.2. The Balaban J connectivity index is 2.32. The van der Waals surface area contributed by atoms with Gasteiger partial charge in [-0.2, -0.15) is 0 Å². The van der Waals surface area contributed by atoms with Gasteiger partial charge in [-0.15, -0.1) is 0 Å². The molecular formula is C20H19NO5S. The number of benzene rings is 2. The van der Waals surface area contributed by atoms with Crippen LogP contribution in [0.25, 0.3) is 11.3 Å². The molecular weight excluding hydrogens is 366 g/mol. The number of ether oxygens (including phenoxy) is 2. The van der Waals surface area contributed by atoms with Gasteiger partial charge >= 0.3 is 0 Å². The minimum atomic E-state index is -4.05. The average Bonchev–Trinajstić information content (AvgIpc) is 3.05. The van der Waals surface area contributed by atoms with Crippen LogP contribution in [0.2, 0.25) is 0 Å². The molecule has 0 unspecified atom stereocenters. The standard InChI is InChI=1S/C20H19NO5S/c1-14-16(13-22)12-21(20(14)15-7-5-4-6-8-15)27(23,24)19-11-17(25-2)9-10-18(19)26-3/h4-13H,1-3H3. The van der Waals surface area contributed by atoms with Crippen LogP contribution in [0.3, 0.4) is 0 Å². The smallest absolute Gasteiger partial charge is 0.272 e. The third kappa shape index (κ3) is 3.21. The van der Waals surface area contributed by atoms with Gasteiger partial charge in [-0.3, -0.25) is 4.79 Å². The molecule has 0 atom stereocenters. The van der Waals surface area contributed by atoms with Gasteiger partial charge in [0.15, 0.2) is 6.29 Å². The van der Waals surface area contributed by atoms with Crippen LogP contribution in [0.15, 0.2) is 59.6 Å². The first kappa shape index (κ1) is 18.7. The number of rotatable bonds is 6. The first-order chi connectivity index (χ1) is 12.9. The Kier molecular flexibility index (Phi) is 5.05. The highest BCUT2D eigenvalue weighted by Crippen LogP contribution is 2.35. The van der Waals surface area contributed by atoms with E-state index in [0.717, 1.165) is 3.97 Å². The van der Waals surface area contributed by atoms with Crippen molar-refractivity contribution in [3.05, 3.63) is 65.9 Å². The van der Waals surface area contributed by atoms with Crippen LogP contribution in [0.4, 0.5) is 0 Å². The van der Waals surface area contributed by atoms with Gasteiger partial charge in [0.05, 0.1) is 19.9 Å². The normalized spacial score (nSPS) is 11.2. The van der Waals surface area contributed by atoms with Crippen LogP contribution in [0.1, 0.15) is 15.9 Å². The lowest BCUT2D eigenvalue weighted by atomic mass is 10.1. The van der Waals surface area contributed by atoms with E-state index in [1.54, 1.807) is 25.1 Å². The first-order valence-electron chi connectivity index (χ1n) is 8.14. The van der Waals surface area contributed by atoms with E-state index in [0.29, 0.717) is 34.4 Å². The fourth-order valence-corrected chi connectivity index (χ4v) is 4.55. The zero-order chi connectivity index (χ0) is 19.6. The molecule has 0 N–H and O–H groups in total. The largest absolute Gasteiger partial charge is 0.497 e. The Morgan fingerprint density at radius 1 is 1.00 bits per heavy atom. The lowest BCUT2D eigenvalue weighted by Crippen LogP contribution is -2.15. The number of hydrogen-bond donors (Lipinski definition) is 0. The molecule has 0 saturated carbocycles. The lowest BCUT2D eigenvalue weighted by molar-refractivity contribution is 0.112. The van der Waals surface area contributed by atoms with Crippen LogP contribution in [0, 0.1) is 6.92 Å². The summed E-state index contributed by atoms with van der Waals surface area (Å²) >= 11 is 0. The molecule has 1 heterocycles. The maximum atomic E-state index is 13.5. The molecule has 2 aromatic carbocycles. The number of nitrogens with zero attached hydrogens (tertiary/aromatic N) is 1. The Labute approximate surface area is 158 Å². The number of aldehydes is 1. The molecule has 6 nitrogen and oxygen atoms in total. The van der Waals surface area contributed by atoms with Gasteiger partial charge in [-0.25, -0.2) is 12.4 Å². The quantitative estimate of drug-likeness (QED) is 0.607. The predicted molar refractivity (Wildman–Crippen MR) is 102 cm³/mol. The van der Waals surface area contributed by atoms with Crippen molar-refractivity contribution in [2.75, 3.05) is 14.2 Å². The minimum Gasteiger partial charge on any atom is -0.497 e. The zero-order valence-electron chi connectivity index (χ0n) is 15.2. The van der Waals surface area contributed by atoms with Crippen molar-refractivity contribution in [3.8, 4) is 22.8 Å². The highest BCUT2D eigenvalue weighted by molar-refractivity contribution is 7.90. The molecule has 0 fully saturated rings. The summed E-state index contributed by atoms with van der Waals surface area (Å²) in [5.41, 5.74) is 2.01. The van der Waals surface area contributed by atoms with Gasteiger partial charge < -0.3 is 9.47 Å². The number of methoxy groups -OCH3 is 2. The molecule has 3 aromatic rings. The molecule has 140 valence electrons. The molecule has 0 spiro atoms. The summed E-state index contributed by atoms with van der Waals surface area (Å²) in [6.45, 7) is 1.72. The molecule has 0 aliphatic rings. The Morgan fingerprint density at radius 2 is 1.70 bits per heavy atom. The van der Waals surface area contributed by atoms with Gasteiger partial charge in [0.1, 0.15) is 16.4 Å². The van der Waals surface area contributed by atoms with Crippen molar-refractivity contribution < 1.29 is 22.7 Å². The molecule has 0 bridgehead atoms. The maximum Gasteiger partial charge on any atom is 0.272 e. The Morgan fingerprint density at radius 3 is 2.30 bits per heavy atom. The second-order valence-corrected chi connectivity index (χ2v) is 7.64. The van der Waals surface area contributed by atoms with Gasteiger partial charge in [0.25, 0.3) is 10.0 Å². The minimum absolute atomic E-state index is 0.0472. The third-order valence-corrected chi connectivity index (χ3v) is 6.03. The van der Waals surface area contributed by atoms with Crippen molar-refractivity contribution in [2.24, 2.45) is 0 Å².